The average Bonchev–Trinajstić information content (AvgIpc) is 3.02. The molecule has 1 amide bonds. The number of benzene rings is 2. The van der Waals surface area contributed by atoms with E-state index in [0.29, 0.717) is 39.5 Å². The first-order valence-electron chi connectivity index (χ1n) is 15.4. The summed E-state index contributed by atoms with van der Waals surface area (Å²) in [6.45, 7) is 6.37. The van der Waals surface area contributed by atoms with Crippen LogP contribution in [0.25, 0.3) is 0 Å². The highest BCUT2D eigenvalue weighted by Crippen LogP contribution is 2.37. The SMILES string of the molecule is COCCCN1CCOc2ccc(CO[C@H]3CN(C(=O)O)[C@@H](CC(C)O[N+](=O)[O-])C[C@@H]3c3ccc(COCCOC)cc3)cc21. The van der Waals surface area contributed by atoms with Crippen molar-refractivity contribution in [1.29, 1.82) is 0 Å². The van der Waals surface area contributed by atoms with E-state index in [1.807, 2.05) is 36.4 Å². The van der Waals surface area contributed by atoms with Gasteiger partial charge in [0, 0.05) is 39.3 Å². The molecule has 13 heteroatoms. The van der Waals surface area contributed by atoms with E-state index in [4.69, 9.17) is 28.5 Å². The van der Waals surface area contributed by atoms with Crippen molar-refractivity contribution >= 4 is 11.8 Å². The molecule has 0 saturated carbocycles. The van der Waals surface area contributed by atoms with Crippen molar-refractivity contribution in [3.63, 3.8) is 0 Å². The molecule has 4 rings (SSSR count). The Morgan fingerprint density at radius 1 is 1.09 bits per heavy atom. The van der Waals surface area contributed by atoms with Crippen LogP contribution in [0, 0.1) is 10.1 Å². The molecule has 0 radical (unpaired) electrons. The molecule has 248 valence electrons. The first-order valence-corrected chi connectivity index (χ1v) is 15.4. The fourth-order valence-corrected chi connectivity index (χ4v) is 6.03. The number of amides is 1. The third kappa shape index (κ3) is 9.92. The largest absolute Gasteiger partial charge is 0.490 e. The lowest BCUT2D eigenvalue weighted by Gasteiger charge is -2.43. The quantitative estimate of drug-likeness (QED) is 0.150. The van der Waals surface area contributed by atoms with Gasteiger partial charge in [-0.15, -0.1) is 10.1 Å². The van der Waals surface area contributed by atoms with Gasteiger partial charge in [-0.1, -0.05) is 30.3 Å². The molecule has 2 aliphatic rings. The minimum Gasteiger partial charge on any atom is -0.490 e. The van der Waals surface area contributed by atoms with Gasteiger partial charge in [-0.25, -0.2) is 4.79 Å². The maximum atomic E-state index is 12.4. The van der Waals surface area contributed by atoms with Gasteiger partial charge in [0.05, 0.1) is 51.3 Å². The van der Waals surface area contributed by atoms with E-state index in [9.17, 15) is 20.0 Å². The molecule has 1 N–H and O–H groups in total. The highest BCUT2D eigenvalue weighted by Gasteiger charge is 2.40. The molecule has 0 bridgehead atoms. The smallest absolute Gasteiger partial charge is 0.407 e. The van der Waals surface area contributed by atoms with Crippen LogP contribution < -0.4 is 9.64 Å². The normalized spacial score (nSPS) is 20.3. The second kappa shape index (κ2) is 17.2. The van der Waals surface area contributed by atoms with Crippen LogP contribution in [0.5, 0.6) is 5.75 Å². The van der Waals surface area contributed by atoms with Crippen LogP contribution in [-0.4, -0.2) is 99.7 Å². The van der Waals surface area contributed by atoms with Gasteiger partial charge in [0.2, 0.25) is 0 Å². The number of methoxy groups -OCH3 is 2. The number of anilines is 1. The van der Waals surface area contributed by atoms with Crippen LogP contribution in [0.2, 0.25) is 0 Å². The molecule has 45 heavy (non-hydrogen) atoms. The van der Waals surface area contributed by atoms with Crippen molar-refractivity contribution in [3.05, 3.63) is 69.3 Å². The lowest BCUT2D eigenvalue weighted by molar-refractivity contribution is -0.768. The molecule has 2 aliphatic heterocycles. The van der Waals surface area contributed by atoms with Gasteiger partial charge in [-0.3, -0.25) is 0 Å². The summed E-state index contributed by atoms with van der Waals surface area (Å²) in [5.41, 5.74) is 3.97. The molecule has 2 aromatic carbocycles. The Morgan fingerprint density at radius 3 is 2.56 bits per heavy atom. The van der Waals surface area contributed by atoms with Crippen LogP contribution in [0.3, 0.4) is 0 Å². The summed E-state index contributed by atoms with van der Waals surface area (Å²) in [5, 5.41) is 20.2. The lowest BCUT2D eigenvalue weighted by atomic mass is 9.81. The number of ether oxygens (including phenoxy) is 5. The maximum absolute atomic E-state index is 12.4. The highest BCUT2D eigenvalue weighted by molar-refractivity contribution is 5.66. The minimum absolute atomic E-state index is 0.120. The number of rotatable bonds is 17. The van der Waals surface area contributed by atoms with Gasteiger partial charge < -0.3 is 43.4 Å². The average molecular weight is 632 g/mol. The molecule has 2 heterocycles. The summed E-state index contributed by atoms with van der Waals surface area (Å²) in [7, 11) is 3.33. The Bertz CT molecular complexity index is 1230. The number of piperidine rings is 1. The van der Waals surface area contributed by atoms with E-state index in [2.05, 4.69) is 11.0 Å². The molecule has 1 saturated heterocycles. The molecule has 1 unspecified atom stereocenters. The van der Waals surface area contributed by atoms with Crippen LogP contribution in [0.15, 0.2) is 42.5 Å². The monoisotopic (exact) mass is 631 g/mol. The lowest BCUT2D eigenvalue weighted by Crippen LogP contribution is -2.53. The van der Waals surface area contributed by atoms with Crippen molar-refractivity contribution in [1.82, 2.24) is 4.90 Å². The molecule has 0 aliphatic carbocycles. The summed E-state index contributed by atoms with van der Waals surface area (Å²) in [5.74, 6) is 0.679. The summed E-state index contributed by atoms with van der Waals surface area (Å²) in [6, 6.07) is 13.6. The number of fused-ring (bicyclic) bond motifs is 1. The van der Waals surface area contributed by atoms with E-state index in [-0.39, 0.29) is 25.5 Å². The summed E-state index contributed by atoms with van der Waals surface area (Å²) >= 11 is 0. The van der Waals surface area contributed by atoms with Gasteiger partial charge in [-0.05, 0) is 55.0 Å². The number of hydrogen-bond acceptors (Lipinski definition) is 10. The predicted molar refractivity (Wildman–Crippen MR) is 165 cm³/mol. The Kier molecular flexibility index (Phi) is 13.0. The van der Waals surface area contributed by atoms with Crippen molar-refractivity contribution in [2.75, 3.05) is 65.2 Å². The molecule has 1 fully saturated rings. The second-order valence-electron chi connectivity index (χ2n) is 11.4. The topological polar surface area (TPSA) is 142 Å². The molecule has 13 nitrogen and oxygen atoms in total. The third-order valence-corrected chi connectivity index (χ3v) is 8.24. The van der Waals surface area contributed by atoms with Gasteiger partial charge in [0.1, 0.15) is 18.5 Å². The van der Waals surface area contributed by atoms with E-state index >= 15 is 0 Å². The van der Waals surface area contributed by atoms with Crippen molar-refractivity contribution in [2.24, 2.45) is 0 Å². The first-order chi connectivity index (χ1) is 21.8. The van der Waals surface area contributed by atoms with Crippen molar-refractivity contribution in [3.8, 4) is 5.75 Å². The Hall–Kier alpha value is -3.65. The third-order valence-electron chi connectivity index (χ3n) is 8.24. The molecular weight excluding hydrogens is 586 g/mol. The predicted octanol–water partition coefficient (Wildman–Crippen LogP) is 4.49. The number of nitrogens with zero attached hydrogens (tertiary/aromatic N) is 3. The second-order valence-corrected chi connectivity index (χ2v) is 11.4. The Labute approximate surface area is 264 Å². The Balaban J connectivity index is 1.52. The van der Waals surface area contributed by atoms with Crippen LogP contribution in [0.4, 0.5) is 10.5 Å². The van der Waals surface area contributed by atoms with Crippen LogP contribution in [-0.2, 0) is 37.0 Å². The van der Waals surface area contributed by atoms with E-state index in [1.54, 1.807) is 21.1 Å². The maximum Gasteiger partial charge on any atom is 0.407 e. The fraction of sp³-hybridized carbons (Fsp3) is 0.594. The Morgan fingerprint density at radius 2 is 1.84 bits per heavy atom. The minimum atomic E-state index is -1.10. The summed E-state index contributed by atoms with van der Waals surface area (Å²) in [6.07, 6.45) is -0.792. The molecule has 4 atom stereocenters. The zero-order valence-electron chi connectivity index (χ0n) is 26.3. The standard InChI is InChI=1S/C32H45N3O10/c1-23(45-35(38)39)17-27-19-28(26-8-5-24(6-9-26)21-42-16-15-41-3)31(20-34(27)32(36)37)44-22-25-7-10-30-29(18-25)33(12-14-43-30)11-4-13-40-2/h5-10,18,23,27-28,31H,4,11-17,19-22H2,1-3H3,(H,36,37)/t23?,27-,28+,31-/m0/s1. The van der Waals surface area contributed by atoms with Crippen LogP contribution >= 0.6 is 0 Å². The highest BCUT2D eigenvalue weighted by atomic mass is 17.0. The van der Waals surface area contributed by atoms with Crippen molar-refractivity contribution in [2.45, 2.75) is 63.6 Å². The van der Waals surface area contributed by atoms with Gasteiger partial charge >= 0.3 is 6.09 Å². The van der Waals surface area contributed by atoms with Gasteiger partial charge in [0.25, 0.3) is 5.09 Å². The number of carbonyl (C=O) groups is 1. The number of likely N-dealkylation sites (tertiary alicyclic amines) is 1. The van der Waals surface area contributed by atoms with E-state index in [1.165, 1.54) is 4.90 Å². The van der Waals surface area contributed by atoms with Gasteiger partial charge in [0.15, 0.2) is 0 Å². The van der Waals surface area contributed by atoms with E-state index in [0.717, 1.165) is 47.6 Å². The fourth-order valence-electron chi connectivity index (χ4n) is 6.03. The number of hydrogen-bond donors (Lipinski definition) is 1. The zero-order chi connectivity index (χ0) is 32.2. The molecular formula is C32H45N3O10. The van der Waals surface area contributed by atoms with Crippen molar-refractivity contribution < 1.29 is 43.5 Å². The molecule has 0 aromatic heterocycles. The molecule has 0 spiro atoms. The zero-order valence-corrected chi connectivity index (χ0v) is 26.3. The van der Waals surface area contributed by atoms with Crippen LogP contribution in [0.1, 0.15) is 48.8 Å². The summed E-state index contributed by atoms with van der Waals surface area (Å²) in [4.78, 5) is 31.7. The summed E-state index contributed by atoms with van der Waals surface area (Å²) < 4.78 is 28.3. The first kappa shape index (κ1) is 34.2. The van der Waals surface area contributed by atoms with E-state index < -0.39 is 29.4 Å². The van der Waals surface area contributed by atoms with Gasteiger partial charge in [-0.2, -0.15) is 0 Å². The number of carboxylic acid groups (broad SMARTS) is 1. The molecule has 2 aromatic rings.